The number of halogens is 1. The van der Waals surface area contributed by atoms with Crippen molar-refractivity contribution >= 4 is 28.5 Å². The zero-order chi connectivity index (χ0) is 14.8. The van der Waals surface area contributed by atoms with Gasteiger partial charge < -0.3 is 9.30 Å². The Balaban J connectivity index is 1.90. The molecule has 3 aromatic rings. The van der Waals surface area contributed by atoms with Gasteiger partial charge in [0.15, 0.2) is 5.15 Å². The maximum Gasteiger partial charge on any atom is 0.337 e. The minimum atomic E-state index is -0.333. The normalized spacial score (nSPS) is 10.8. The molecule has 0 aliphatic carbocycles. The molecule has 1 aromatic carbocycles. The van der Waals surface area contributed by atoms with Crippen LogP contribution in [-0.2, 0) is 11.3 Å². The Kier molecular flexibility index (Phi) is 3.62. The number of fused-ring (bicyclic) bond motifs is 1. The van der Waals surface area contributed by atoms with E-state index in [1.54, 1.807) is 18.3 Å². The van der Waals surface area contributed by atoms with Crippen LogP contribution in [0.3, 0.4) is 0 Å². The molecule has 0 fully saturated rings. The zero-order valence-electron chi connectivity index (χ0n) is 11.4. The van der Waals surface area contributed by atoms with E-state index in [4.69, 9.17) is 11.6 Å². The molecule has 21 heavy (non-hydrogen) atoms. The Morgan fingerprint density at radius 3 is 2.71 bits per heavy atom. The first-order valence-corrected chi connectivity index (χ1v) is 6.83. The van der Waals surface area contributed by atoms with Crippen molar-refractivity contribution in [3.05, 3.63) is 65.1 Å². The number of ether oxygens (including phenoxy) is 1. The number of carbonyl (C=O) groups excluding carboxylic acids is 1. The third-order valence-corrected chi connectivity index (χ3v) is 3.64. The van der Waals surface area contributed by atoms with E-state index >= 15 is 0 Å². The third-order valence-electron chi connectivity index (χ3n) is 3.36. The number of benzene rings is 1. The predicted octanol–water partition coefficient (Wildman–Crippen LogP) is 3.52. The quantitative estimate of drug-likeness (QED) is 0.549. The number of esters is 1. The van der Waals surface area contributed by atoms with Crippen LogP contribution in [0.25, 0.3) is 10.9 Å². The molecule has 0 bridgehead atoms. The van der Waals surface area contributed by atoms with Crippen LogP contribution in [-0.4, -0.2) is 22.6 Å². The van der Waals surface area contributed by atoms with Crippen molar-refractivity contribution in [3.63, 3.8) is 0 Å². The highest BCUT2D eigenvalue weighted by molar-refractivity contribution is 6.33. The molecule has 0 amide bonds. The minimum absolute atomic E-state index is 0.333. The van der Waals surface area contributed by atoms with Gasteiger partial charge in [-0.05, 0) is 29.8 Å². The minimum Gasteiger partial charge on any atom is -0.465 e. The molecule has 0 saturated heterocycles. The Morgan fingerprint density at radius 2 is 2.00 bits per heavy atom. The summed E-state index contributed by atoms with van der Waals surface area (Å²) in [5.74, 6) is -0.333. The molecule has 106 valence electrons. The fraction of sp³-hybridized carbons (Fsp3) is 0.125. The van der Waals surface area contributed by atoms with Gasteiger partial charge in [-0.1, -0.05) is 23.7 Å². The molecule has 0 saturated carbocycles. The number of methoxy groups -OCH3 is 1. The Hall–Kier alpha value is -2.33. The zero-order valence-corrected chi connectivity index (χ0v) is 12.2. The maximum atomic E-state index is 11.4. The van der Waals surface area contributed by atoms with Crippen molar-refractivity contribution in [2.75, 3.05) is 7.11 Å². The summed E-state index contributed by atoms with van der Waals surface area (Å²) in [5.41, 5.74) is 2.52. The smallest absolute Gasteiger partial charge is 0.337 e. The SMILES string of the molecule is COC(=O)c1ccc(Cn2ccc3ccnc(Cl)c32)cc1. The first-order valence-electron chi connectivity index (χ1n) is 6.45. The van der Waals surface area contributed by atoms with Crippen LogP contribution in [0.2, 0.25) is 5.15 Å². The molecule has 0 unspecified atom stereocenters. The van der Waals surface area contributed by atoms with Crippen LogP contribution >= 0.6 is 11.6 Å². The lowest BCUT2D eigenvalue weighted by molar-refractivity contribution is 0.0600. The summed E-state index contributed by atoms with van der Waals surface area (Å²) < 4.78 is 6.73. The summed E-state index contributed by atoms with van der Waals surface area (Å²) in [5, 5.41) is 1.55. The van der Waals surface area contributed by atoms with Gasteiger partial charge in [0.2, 0.25) is 0 Å². The Morgan fingerprint density at radius 1 is 1.24 bits per heavy atom. The number of hydrogen-bond donors (Lipinski definition) is 0. The second-order valence-electron chi connectivity index (χ2n) is 4.67. The van der Waals surface area contributed by atoms with Crippen LogP contribution < -0.4 is 0 Å². The number of pyridine rings is 1. The number of rotatable bonds is 3. The standard InChI is InChI=1S/C16H13ClN2O2/c1-21-16(20)13-4-2-11(3-5-13)10-19-9-7-12-6-8-18-15(17)14(12)19/h2-9H,10H2,1H3. The van der Waals surface area contributed by atoms with Crippen LogP contribution in [0.4, 0.5) is 0 Å². The summed E-state index contributed by atoms with van der Waals surface area (Å²) in [4.78, 5) is 15.5. The lowest BCUT2D eigenvalue weighted by Gasteiger charge is -2.07. The topological polar surface area (TPSA) is 44.1 Å². The van der Waals surface area contributed by atoms with E-state index in [2.05, 4.69) is 9.72 Å². The van der Waals surface area contributed by atoms with Gasteiger partial charge in [0.1, 0.15) is 0 Å². The van der Waals surface area contributed by atoms with Crippen LogP contribution in [0.15, 0.2) is 48.8 Å². The molecular weight excluding hydrogens is 288 g/mol. The number of hydrogen-bond acceptors (Lipinski definition) is 3. The summed E-state index contributed by atoms with van der Waals surface area (Å²) in [6, 6.07) is 11.3. The van der Waals surface area contributed by atoms with E-state index in [0.29, 0.717) is 17.3 Å². The highest BCUT2D eigenvalue weighted by atomic mass is 35.5. The number of aromatic nitrogens is 2. The Bertz CT molecular complexity index is 794. The van der Waals surface area contributed by atoms with E-state index in [-0.39, 0.29) is 5.97 Å². The van der Waals surface area contributed by atoms with E-state index < -0.39 is 0 Å². The molecule has 0 N–H and O–H groups in total. The molecule has 0 aliphatic heterocycles. The van der Waals surface area contributed by atoms with Gasteiger partial charge in [-0.25, -0.2) is 9.78 Å². The van der Waals surface area contributed by atoms with Gasteiger partial charge >= 0.3 is 5.97 Å². The van der Waals surface area contributed by atoms with Crippen molar-refractivity contribution < 1.29 is 9.53 Å². The molecule has 2 heterocycles. The monoisotopic (exact) mass is 300 g/mol. The molecule has 0 spiro atoms. The molecular formula is C16H13ClN2O2. The molecule has 3 rings (SSSR count). The van der Waals surface area contributed by atoms with Gasteiger partial charge in [0.05, 0.1) is 18.2 Å². The highest BCUT2D eigenvalue weighted by Crippen LogP contribution is 2.23. The molecule has 0 atom stereocenters. The van der Waals surface area contributed by atoms with Gasteiger partial charge in [0, 0.05) is 24.3 Å². The number of nitrogens with zero attached hydrogens (tertiary/aromatic N) is 2. The van der Waals surface area contributed by atoms with Crippen molar-refractivity contribution in [3.8, 4) is 0 Å². The largest absolute Gasteiger partial charge is 0.465 e. The maximum absolute atomic E-state index is 11.4. The summed E-state index contributed by atoms with van der Waals surface area (Å²) in [6.07, 6.45) is 3.67. The van der Waals surface area contributed by atoms with Crippen molar-refractivity contribution in [2.24, 2.45) is 0 Å². The third kappa shape index (κ3) is 2.62. The first kappa shape index (κ1) is 13.6. The van der Waals surface area contributed by atoms with Gasteiger partial charge in [0.25, 0.3) is 0 Å². The van der Waals surface area contributed by atoms with Gasteiger partial charge in [-0.15, -0.1) is 0 Å². The molecule has 4 nitrogen and oxygen atoms in total. The van der Waals surface area contributed by atoms with Crippen molar-refractivity contribution in [2.45, 2.75) is 6.54 Å². The second kappa shape index (κ2) is 5.58. The summed E-state index contributed by atoms with van der Waals surface area (Å²) >= 11 is 6.16. The average Bonchev–Trinajstić information content (AvgIpc) is 2.92. The van der Waals surface area contributed by atoms with Crippen LogP contribution in [0.1, 0.15) is 15.9 Å². The fourth-order valence-corrected chi connectivity index (χ4v) is 2.57. The van der Waals surface area contributed by atoms with E-state index in [0.717, 1.165) is 16.5 Å². The summed E-state index contributed by atoms with van der Waals surface area (Å²) in [7, 11) is 1.37. The molecule has 0 aliphatic rings. The molecule has 2 aromatic heterocycles. The Labute approximate surface area is 126 Å². The number of carbonyl (C=O) groups is 1. The van der Waals surface area contributed by atoms with Crippen LogP contribution in [0.5, 0.6) is 0 Å². The van der Waals surface area contributed by atoms with Gasteiger partial charge in [-0.2, -0.15) is 0 Å². The van der Waals surface area contributed by atoms with E-state index in [1.807, 2.05) is 35.0 Å². The van der Waals surface area contributed by atoms with E-state index in [1.165, 1.54) is 7.11 Å². The first-order chi connectivity index (χ1) is 10.2. The highest BCUT2D eigenvalue weighted by Gasteiger charge is 2.08. The fourth-order valence-electron chi connectivity index (χ4n) is 2.30. The molecule has 0 radical (unpaired) electrons. The summed E-state index contributed by atoms with van der Waals surface area (Å²) in [6.45, 7) is 0.663. The lowest BCUT2D eigenvalue weighted by atomic mass is 10.1. The lowest BCUT2D eigenvalue weighted by Crippen LogP contribution is -2.02. The second-order valence-corrected chi connectivity index (χ2v) is 5.03. The average molecular weight is 301 g/mol. The van der Waals surface area contributed by atoms with Gasteiger partial charge in [-0.3, -0.25) is 0 Å². The molecule has 5 heteroatoms. The van der Waals surface area contributed by atoms with Crippen molar-refractivity contribution in [1.29, 1.82) is 0 Å². The van der Waals surface area contributed by atoms with E-state index in [9.17, 15) is 4.79 Å². The predicted molar refractivity (Wildman–Crippen MR) is 81.6 cm³/mol. The van der Waals surface area contributed by atoms with Crippen molar-refractivity contribution in [1.82, 2.24) is 9.55 Å². The van der Waals surface area contributed by atoms with Crippen LogP contribution in [0, 0.1) is 0 Å².